The molecule has 0 spiro atoms. The third-order valence-electron chi connectivity index (χ3n) is 3.45. The Morgan fingerprint density at radius 3 is 2.85 bits per heavy atom. The summed E-state index contributed by atoms with van der Waals surface area (Å²) < 4.78 is 0. The Kier molecular flexibility index (Phi) is 1.82. The summed E-state index contributed by atoms with van der Waals surface area (Å²) in [5, 5.41) is 0. The van der Waals surface area contributed by atoms with Gasteiger partial charge in [0.2, 0.25) is 5.91 Å². The number of amides is 1. The van der Waals surface area contributed by atoms with Crippen LogP contribution in [0.2, 0.25) is 0 Å². The maximum Gasteiger partial charge on any atom is 0.226 e. The van der Waals surface area contributed by atoms with Gasteiger partial charge in [0.15, 0.2) is 0 Å². The predicted molar refractivity (Wildman–Crippen MR) is 53.4 cm³/mol. The lowest BCUT2D eigenvalue weighted by atomic mass is 10.2. The molecule has 1 heterocycles. The van der Waals surface area contributed by atoms with Gasteiger partial charge in [0.25, 0.3) is 0 Å². The minimum absolute atomic E-state index is 0.436. The standard InChI is InChI=1S/C10H15NOS/c12-10(11-3-4-13-6-11)9-5-8(9)7-1-2-7/h7-9H,1-6H2. The molecular formula is C10H15NOS. The maximum atomic E-state index is 11.9. The molecule has 1 amide bonds. The summed E-state index contributed by atoms with van der Waals surface area (Å²) in [4.78, 5) is 13.9. The molecule has 0 N–H and O–H groups in total. The highest BCUT2D eigenvalue weighted by atomic mass is 32.2. The first-order valence-electron chi connectivity index (χ1n) is 5.23. The van der Waals surface area contributed by atoms with Crippen molar-refractivity contribution in [1.29, 1.82) is 0 Å². The third kappa shape index (κ3) is 1.47. The fraction of sp³-hybridized carbons (Fsp3) is 0.900. The predicted octanol–water partition coefficient (Wildman–Crippen LogP) is 1.57. The largest absolute Gasteiger partial charge is 0.332 e. The molecule has 0 radical (unpaired) electrons. The second kappa shape index (κ2) is 2.91. The first-order valence-corrected chi connectivity index (χ1v) is 6.38. The lowest BCUT2D eigenvalue weighted by molar-refractivity contribution is -0.131. The first kappa shape index (κ1) is 8.16. The van der Waals surface area contributed by atoms with Gasteiger partial charge in [-0.15, -0.1) is 11.8 Å². The van der Waals surface area contributed by atoms with Crippen LogP contribution in [0.3, 0.4) is 0 Å². The van der Waals surface area contributed by atoms with Crippen molar-refractivity contribution < 1.29 is 4.79 Å². The minimum Gasteiger partial charge on any atom is -0.332 e. The Morgan fingerprint density at radius 1 is 1.38 bits per heavy atom. The van der Waals surface area contributed by atoms with Crippen LogP contribution in [0.1, 0.15) is 19.3 Å². The van der Waals surface area contributed by atoms with Crippen LogP contribution in [-0.4, -0.2) is 29.0 Å². The molecule has 2 saturated carbocycles. The van der Waals surface area contributed by atoms with Gasteiger partial charge in [-0.1, -0.05) is 0 Å². The summed E-state index contributed by atoms with van der Waals surface area (Å²) in [6, 6.07) is 0. The molecule has 3 rings (SSSR count). The lowest BCUT2D eigenvalue weighted by Crippen LogP contribution is -2.29. The molecule has 0 aromatic rings. The van der Waals surface area contributed by atoms with E-state index in [1.807, 2.05) is 11.8 Å². The van der Waals surface area contributed by atoms with Crippen molar-refractivity contribution in [2.75, 3.05) is 18.2 Å². The molecule has 1 aliphatic heterocycles. The fourth-order valence-corrected chi connectivity index (χ4v) is 3.32. The van der Waals surface area contributed by atoms with Crippen LogP contribution in [0.15, 0.2) is 0 Å². The van der Waals surface area contributed by atoms with Gasteiger partial charge in [0.1, 0.15) is 0 Å². The summed E-state index contributed by atoms with van der Waals surface area (Å²) in [7, 11) is 0. The van der Waals surface area contributed by atoms with Crippen molar-refractivity contribution in [2.45, 2.75) is 19.3 Å². The van der Waals surface area contributed by atoms with Crippen LogP contribution in [0.25, 0.3) is 0 Å². The number of hydrogen-bond donors (Lipinski definition) is 0. The highest BCUT2D eigenvalue weighted by Gasteiger charge is 2.52. The second-order valence-corrected chi connectivity index (χ2v) is 5.56. The molecule has 2 nitrogen and oxygen atoms in total. The van der Waals surface area contributed by atoms with Gasteiger partial charge in [0, 0.05) is 18.2 Å². The summed E-state index contributed by atoms with van der Waals surface area (Å²) in [6.45, 7) is 0.997. The van der Waals surface area contributed by atoms with E-state index in [1.54, 1.807) is 0 Å². The van der Waals surface area contributed by atoms with Crippen LogP contribution in [0.4, 0.5) is 0 Å². The SMILES string of the molecule is O=C(C1CC1C1CC1)N1CCSC1. The van der Waals surface area contributed by atoms with E-state index in [2.05, 4.69) is 4.90 Å². The Labute approximate surface area is 83.1 Å². The Morgan fingerprint density at radius 2 is 2.23 bits per heavy atom. The molecule has 72 valence electrons. The van der Waals surface area contributed by atoms with Gasteiger partial charge in [-0.05, 0) is 31.1 Å². The van der Waals surface area contributed by atoms with Gasteiger partial charge in [-0.25, -0.2) is 0 Å². The zero-order chi connectivity index (χ0) is 8.84. The third-order valence-corrected chi connectivity index (χ3v) is 4.41. The van der Waals surface area contributed by atoms with E-state index in [4.69, 9.17) is 0 Å². The monoisotopic (exact) mass is 197 g/mol. The van der Waals surface area contributed by atoms with Gasteiger partial charge in [-0.2, -0.15) is 0 Å². The molecular weight excluding hydrogens is 182 g/mol. The van der Waals surface area contributed by atoms with Gasteiger partial charge >= 0.3 is 0 Å². The van der Waals surface area contributed by atoms with Gasteiger partial charge in [-0.3, -0.25) is 4.79 Å². The molecule has 3 fully saturated rings. The lowest BCUT2D eigenvalue weighted by Gasteiger charge is -2.13. The minimum atomic E-state index is 0.436. The molecule has 3 aliphatic rings. The van der Waals surface area contributed by atoms with Crippen molar-refractivity contribution in [2.24, 2.45) is 17.8 Å². The van der Waals surface area contributed by atoms with E-state index in [1.165, 1.54) is 19.3 Å². The second-order valence-electron chi connectivity index (χ2n) is 4.48. The smallest absolute Gasteiger partial charge is 0.226 e. The zero-order valence-electron chi connectivity index (χ0n) is 7.74. The Balaban J connectivity index is 1.57. The number of thioether (sulfide) groups is 1. The van der Waals surface area contributed by atoms with E-state index in [0.29, 0.717) is 11.8 Å². The summed E-state index contributed by atoms with van der Waals surface area (Å²) in [5.74, 6) is 4.72. The summed E-state index contributed by atoms with van der Waals surface area (Å²) >= 11 is 1.89. The molecule has 0 aromatic carbocycles. The van der Waals surface area contributed by atoms with Crippen LogP contribution >= 0.6 is 11.8 Å². The number of carbonyl (C=O) groups excluding carboxylic acids is 1. The van der Waals surface area contributed by atoms with Crippen molar-refractivity contribution in [3.05, 3.63) is 0 Å². The average Bonchev–Trinajstić information content (AvgIpc) is 3.00. The fourth-order valence-electron chi connectivity index (χ4n) is 2.37. The summed E-state index contributed by atoms with van der Waals surface area (Å²) in [5.41, 5.74) is 0. The van der Waals surface area contributed by atoms with Crippen LogP contribution < -0.4 is 0 Å². The van der Waals surface area contributed by atoms with Crippen molar-refractivity contribution in [3.63, 3.8) is 0 Å². The molecule has 2 aliphatic carbocycles. The highest BCUT2D eigenvalue weighted by molar-refractivity contribution is 7.99. The van der Waals surface area contributed by atoms with Crippen molar-refractivity contribution >= 4 is 17.7 Å². The molecule has 2 atom stereocenters. The molecule has 0 aromatic heterocycles. The molecule has 0 bridgehead atoms. The van der Waals surface area contributed by atoms with E-state index in [-0.39, 0.29) is 0 Å². The topological polar surface area (TPSA) is 20.3 Å². The number of rotatable bonds is 2. The van der Waals surface area contributed by atoms with Crippen molar-refractivity contribution in [3.8, 4) is 0 Å². The van der Waals surface area contributed by atoms with Crippen LogP contribution in [0, 0.1) is 17.8 Å². The molecule has 3 heteroatoms. The van der Waals surface area contributed by atoms with Gasteiger partial charge in [0.05, 0.1) is 5.88 Å². The van der Waals surface area contributed by atoms with E-state index in [9.17, 15) is 4.79 Å². The maximum absolute atomic E-state index is 11.9. The Bertz CT molecular complexity index is 233. The van der Waals surface area contributed by atoms with Gasteiger partial charge < -0.3 is 4.90 Å². The number of nitrogens with zero attached hydrogens (tertiary/aromatic N) is 1. The normalized spacial score (nSPS) is 38.0. The molecule has 13 heavy (non-hydrogen) atoms. The Hall–Kier alpha value is -0.180. The van der Waals surface area contributed by atoms with Crippen LogP contribution in [-0.2, 0) is 4.79 Å². The highest BCUT2D eigenvalue weighted by Crippen LogP contribution is 2.55. The number of carbonyl (C=O) groups is 1. The molecule has 1 saturated heterocycles. The first-order chi connectivity index (χ1) is 6.36. The average molecular weight is 197 g/mol. The zero-order valence-corrected chi connectivity index (χ0v) is 8.55. The van der Waals surface area contributed by atoms with Crippen molar-refractivity contribution in [1.82, 2.24) is 4.90 Å². The molecule has 2 unspecified atom stereocenters. The van der Waals surface area contributed by atoms with E-state index < -0.39 is 0 Å². The van der Waals surface area contributed by atoms with Crippen LogP contribution in [0.5, 0.6) is 0 Å². The van der Waals surface area contributed by atoms with E-state index >= 15 is 0 Å². The summed E-state index contributed by atoms with van der Waals surface area (Å²) in [6.07, 6.45) is 3.98. The van der Waals surface area contributed by atoms with E-state index in [0.717, 1.165) is 30.0 Å². The number of hydrogen-bond acceptors (Lipinski definition) is 2. The quantitative estimate of drug-likeness (QED) is 0.669.